The summed E-state index contributed by atoms with van der Waals surface area (Å²) in [5, 5.41) is 0. The molecule has 0 bridgehead atoms. The van der Waals surface area contributed by atoms with Gasteiger partial charge in [0.05, 0.1) is 5.56 Å². The molecule has 0 aliphatic carbocycles. The van der Waals surface area contributed by atoms with Gasteiger partial charge in [-0.3, -0.25) is 9.36 Å². The average molecular weight is 226 g/mol. The van der Waals surface area contributed by atoms with Crippen molar-refractivity contribution >= 4 is 0 Å². The molecular formula is C14H14N2O. The van der Waals surface area contributed by atoms with Crippen LogP contribution in [0.5, 0.6) is 0 Å². The van der Waals surface area contributed by atoms with Crippen molar-refractivity contribution in [1.82, 2.24) is 9.55 Å². The first kappa shape index (κ1) is 10.3. The third-order valence-corrected chi connectivity index (χ3v) is 3.38. The number of benzene rings is 1. The smallest absolute Gasteiger partial charge is 0.261 e. The molecule has 0 saturated heterocycles. The summed E-state index contributed by atoms with van der Waals surface area (Å²) in [6.45, 7) is 2.08. The highest BCUT2D eigenvalue weighted by Crippen LogP contribution is 2.23. The van der Waals surface area contributed by atoms with Crippen LogP contribution in [0.1, 0.15) is 25.2 Å². The number of aryl methyl sites for hydroxylation is 1. The topological polar surface area (TPSA) is 34.9 Å². The number of hydrogen-bond acceptors (Lipinski definition) is 2. The van der Waals surface area contributed by atoms with E-state index in [-0.39, 0.29) is 11.6 Å². The number of aromatic nitrogens is 2. The fourth-order valence-electron chi connectivity index (χ4n) is 2.43. The fraction of sp³-hybridized carbons (Fsp3) is 0.286. The SMILES string of the molecule is CC1CCc2ncc(-c3ccccc3)c(=O)n21. The molecule has 17 heavy (non-hydrogen) atoms. The standard InChI is InChI=1S/C14H14N2O/c1-10-7-8-13-15-9-12(14(17)16(10)13)11-5-3-2-4-6-11/h2-6,9-10H,7-8H2,1H3. The summed E-state index contributed by atoms with van der Waals surface area (Å²) in [5.41, 5.74) is 1.73. The Kier molecular flexibility index (Phi) is 2.32. The van der Waals surface area contributed by atoms with Crippen molar-refractivity contribution in [2.45, 2.75) is 25.8 Å². The second kappa shape index (κ2) is 3.84. The predicted molar refractivity (Wildman–Crippen MR) is 67.0 cm³/mol. The minimum Gasteiger partial charge on any atom is -0.293 e. The summed E-state index contributed by atoms with van der Waals surface area (Å²) < 4.78 is 1.84. The lowest BCUT2D eigenvalue weighted by molar-refractivity contribution is 0.560. The number of nitrogens with zero attached hydrogens (tertiary/aromatic N) is 2. The number of hydrogen-bond donors (Lipinski definition) is 0. The molecule has 0 radical (unpaired) electrons. The lowest BCUT2D eigenvalue weighted by atomic mass is 10.1. The first-order chi connectivity index (χ1) is 8.27. The number of rotatable bonds is 1. The third kappa shape index (κ3) is 1.58. The Morgan fingerprint density at radius 3 is 2.82 bits per heavy atom. The highest BCUT2D eigenvalue weighted by Gasteiger charge is 2.21. The van der Waals surface area contributed by atoms with E-state index in [4.69, 9.17) is 0 Å². The van der Waals surface area contributed by atoms with E-state index in [2.05, 4.69) is 11.9 Å². The van der Waals surface area contributed by atoms with Crippen LogP contribution in [0.2, 0.25) is 0 Å². The van der Waals surface area contributed by atoms with Gasteiger partial charge in [0, 0.05) is 18.7 Å². The van der Waals surface area contributed by atoms with Gasteiger partial charge in [0.1, 0.15) is 5.82 Å². The summed E-state index contributed by atoms with van der Waals surface area (Å²) in [7, 11) is 0. The summed E-state index contributed by atoms with van der Waals surface area (Å²) >= 11 is 0. The van der Waals surface area contributed by atoms with Crippen LogP contribution in [-0.2, 0) is 6.42 Å². The van der Waals surface area contributed by atoms with Gasteiger partial charge < -0.3 is 0 Å². The van der Waals surface area contributed by atoms with Gasteiger partial charge >= 0.3 is 0 Å². The van der Waals surface area contributed by atoms with Gasteiger partial charge in [0.25, 0.3) is 5.56 Å². The molecule has 1 aliphatic heterocycles. The van der Waals surface area contributed by atoms with Gasteiger partial charge in [-0.2, -0.15) is 0 Å². The zero-order valence-electron chi connectivity index (χ0n) is 9.76. The van der Waals surface area contributed by atoms with Crippen LogP contribution < -0.4 is 5.56 Å². The second-order valence-electron chi connectivity index (χ2n) is 4.52. The molecule has 0 amide bonds. The maximum atomic E-state index is 12.4. The average Bonchev–Trinajstić information content (AvgIpc) is 2.73. The van der Waals surface area contributed by atoms with Gasteiger partial charge in [-0.15, -0.1) is 0 Å². The van der Waals surface area contributed by atoms with Crippen molar-refractivity contribution in [1.29, 1.82) is 0 Å². The Morgan fingerprint density at radius 2 is 2.06 bits per heavy atom. The molecular weight excluding hydrogens is 212 g/mol. The van der Waals surface area contributed by atoms with E-state index in [9.17, 15) is 4.79 Å². The molecule has 0 spiro atoms. The summed E-state index contributed by atoms with van der Waals surface area (Å²) in [4.78, 5) is 16.8. The van der Waals surface area contributed by atoms with E-state index >= 15 is 0 Å². The zero-order valence-corrected chi connectivity index (χ0v) is 9.76. The van der Waals surface area contributed by atoms with Crippen LogP contribution in [-0.4, -0.2) is 9.55 Å². The Labute approximate surface area is 99.8 Å². The molecule has 1 atom stereocenters. The van der Waals surface area contributed by atoms with E-state index in [1.807, 2.05) is 34.9 Å². The number of fused-ring (bicyclic) bond motifs is 1. The van der Waals surface area contributed by atoms with Crippen molar-refractivity contribution in [3.63, 3.8) is 0 Å². The molecule has 1 aromatic carbocycles. The van der Waals surface area contributed by atoms with Crippen molar-refractivity contribution in [2.24, 2.45) is 0 Å². The van der Waals surface area contributed by atoms with Crippen molar-refractivity contribution < 1.29 is 0 Å². The first-order valence-electron chi connectivity index (χ1n) is 5.93. The van der Waals surface area contributed by atoms with Crippen LogP contribution in [0.15, 0.2) is 41.3 Å². The second-order valence-corrected chi connectivity index (χ2v) is 4.52. The molecule has 3 rings (SSSR count). The Bertz CT molecular complexity index is 601. The monoisotopic (exact) mass is 226 g/mol. The molecule has 1 aromatic heterocycles. The normalized spacial score (nSPS) is 18.1. The lowest BCUT2D eigenvalue weighted by Crippen LogP contribution is -2.24. The maximum absolute atomic E-state index is 12.4. The molecule has 1 unspecified atom stereocenters. The lowest BCUT2D eigenvalue weighted by Gasteiger charge is -2.10. The van der Waals surface area contributed by atoms with Gasteiger partial charge in [0.15, 0.2) is 0 Å². The third-order valence-electron chi connectivity index (χ3n) is 3.38. The highest BCUT2D eigenvalue weighted by atomic mass is 16.1. The molecule has 86 valence electrons. The Morgan fingerprint density at radius 1 is 1.29 bits per heavy atom. The molecule has 0 fully saturated rings. The van der Waals surface area contributed by atoms with Crippen molar-refractivity contribution in [2.75, 3.05) is 0 Å². The fourth-order valence-corrected chi connectivity index (χ4v) is 2.43. The molecule has 0 N–H and O–H groups in total. The molecule has 2 aromatic rings. The van der Waals surface area contributed by atoms with Gasteiger partial charge in [-0.1, -0.05) is 30.3 Å². The van der Waals surface area contributed by atoms with E-state index in [0.29, 0.717) is 5.56 Å². The van der Waals surface area contributed by atoms with Crippen LogP contribution in [0.4, 0.5) is 0 Å². The maximum Gasteiger partial charge on any atom is 0.261 e. The predicted octanol–water partition coefficient (Wildman–Crippen LogP) is 2.42. The van der Waals surface area contributed by atoms with Crippen molar-refractivity contribution in [3.8, 4) is 11.1 Å². The summed E-state index contributed by atoms with van der Waals surface area (Å²) in [6, 6.07) is 10.0. The highest BCUT2D eigenvalue weighted by molar-refractivity contribution is 5.61. The summed E-state index contributed by atoms with van der Waals surface area (Å²) in [6.07, 6.45) is 3.63. The van der Waals surface area contributed by atoms with Crippen LogP contribution in [0.25, 0.3) is 11.1 Å². The van der Waals surface area contributed by atoms with E-state index in [1.54, 1.807) is 6.20 Å². The zero-order chi connectivity index (χ0) is 11.8. The molecule has 1 aliphatic rings. The van der Waals surface area contributed by atoms with Gasteiger partial charge in [-0.25, -0.2) is 4.98 Å². The minimum atomic E-state index is 0.0891. The first-order valence-corrected chi connectivity index (χ1v) is 5.93. The minimum absolute atomic E-state index is 0.0891. The van der Waals surface area contributed by atoms with Crippen molar-refractivity contribution in [3.05, 3.63) is 52.7 Å². The van der Waals surface area contributed by atoms with E-state index in [0.717, 1.165) is 24.2 Å². The quantitative estimate of drug-likeness (QED) is 0.748. The molecule has 3 nitrogen and oxygen atoms in total. The van der Waals surface area contributed by atoms with Crippen LogP contribution in [0, 0.1) is 0 Å². The van der Waals surface area contributed by atoms with Crippen LogP contribution >= 0.6 is 0 Å². The molecule has 2 heterocycles. The van der Waals surface area contributed by atoms with E-state index in [1.165, 1.54) is 0 Å². The molecule has 0 saturated carbocycles. The van der Waals surface area contributed by atoms with Gasteiger partial charge in [-0.05, 0) is 18.9 Å². The van der Waals surface area contributed by atoms with Crippen LogP contribution in [0.3, 0.4) is 0 Å². The largest absolute Gasteiger partial charge is 0.293 e. The Balaban J connectivity index is 2.22. The van der Waals surface area contributed by atoms with E-state index < -0.39 is 0 Å². The Hall–Kier alpha value is -1.90. The molecule has 3 heteroatoms. The van der Waals surface area contributed by atoms with Gasteiger partial charge in [0.2, 0.25) is 0 Å². The summed E-state index contributed by atoms with van der Waals surface area (Å²) in [5.74, 6) is 0.919.